The number of hydrogen-bond acceptors (Lipinski definition) is 5. The molecule has 2 aliphatic rings. The largest absolute Gasteiger partial charge is 0.466 e. The lowest BCUT2D eigenvalue weighted by atomic mass is 9.85. The Kier molecular flexibility index (Phi) is 4.06. The van der Waals surface area contributed by atoms with Crippen molar-refractivity contribution in [3.8, 4) is 0 Å². The molecule has 0 spiro atoms. The van der Waals surface area contributed by atoms with Gasteiger partial charge in [-0.1, -0.05) is 5.57 Å². The Labute approximate surface area is 109 Å². The third-order valence-electron chi connectivity index (χ3n) is 3.15. The Morgan fingerprint density at radius 1 is 1.39 bits per heavy atom. The van der Waals surface area contributed by atoms with Crippen molar-refractivity contribution in [2.24, 2.45) is 5.92 Å². The van der Waals surface area contributed by atoms with Crippen LogP contribution in [0.1, 0.15) is 32.6 Å². The number of thioether (sulfide) groups is 1. The minimum absolute atomic E-state index is 0.0699. The third-order valence-corrected chi connectivity index (χ3v) is 4.11. The van der Waals surface area contributed by atoms with Crippen LogP contribution >= 0.6 is 11.8 Å². The third kappa shape index (κ3) is 2.75. The number of imide groups is 1. The van der Waals surface area contributed by atoms with Gasteiger partial charge in [-0.3, -0.25) is 19.7 Å². The van der Waals surface area contributed by atoms with E-state index in [-0.39, 0.29) is 23.0 Å². The minimum Gasteiger partial charge on any atom is -0.466 e. The molecule has 0 aromatic rings. The number of hydrogen-bond donors (Lipinski definition) is 1. The number of allylic oxidation sites excluding steroid dienone is 1. The number of rotatable bonds is 2. The molecule has 0 atom stereocenters. The first kappa shape index (κ1) is 13.1. The quantitative estimate of drug-likeness (QED) is 0.613. The van der Waals surface area contributed by atoms with Gasteiger partial charge in [0.15, 0.2) is 0 Å². The van der Waals surface area contributed by atoms with Gasteiger partial charge >= 0.3 is 5.97 Å². The molecule has 1 aliphatic heterocycles. The van der Waals surface area contributed by atoms with Crippen LogP contribution in [0.5, 0.6) is 0 Å². The summed E-state index contributed by atoms with van der Waals surface area (Å²) in [4.78, 5) is 34.7. The molecule has 0 aromatic carbocycles. The van der Waals surface area contributed by atoms with E-state index in [0.717, 1.165) is 17.3 Å². The highest BCUT2D eigenvalue weighted by molar-refractivity contribution is 8.18. The van der Waals surface area contributed by atoms with Crippen molar-refractivity contribution in [2.75, 3.05) is 6.61 Å². The normalized spacial score (nSPS) is 24.2. The van der Waals surface area contributed by atoms with Crippen LogP contribution in [0.2, 0.25) is 0 Å². The van der Waals surface area contributed by atoms with Crippen LogP contribution in [0.3, 0.4) is 0 Å². The molecule has 0 bridgehead atoms. The molecule has 2 amide bonds. The van der Waals surface area contributed by atoms with Gasteiger partial charge in [0.1, 0.15) is 0 Å². The van der Waals surface area contributed by atoms with Crippen molar-refractivity contribution in [1.82, 2.24) is 5.32 Å². The summed E-state index contributed by atoms with van der Waals surface area (Å²) in [5, 5.41) is 1.94. The Bertz CT molecular complexity index is 420. The molecule has 5 nitrogen and oxygen atoms in total. The predicted molar refractivity (Wildman–Crippen MR) is 66.7 cm³/mol. The summed E-state index contributed by atoms with van der Waals surface area (Å²) in [5.74, 6) is -0.518. The number of carbonyl (C=O) groups is 3. The summed E-state index contributed by atoms with van der Waals surface area (Å²) in [6.07, 6.45) is 2.76. The maximum absolute atomic E-state index is 11.6. The van der Waals surface area contributed by atoms with E-state index in [1.165, 1.54) is 0 Å². The Hall–Kier alpha value is -1.30. The molecular formula is C12H15NO4S. The number of amides is 2. The van der Waals surface area contributed by atoms with E-state index < -0.39 is 0 Å². The van der Waals surface area contributed by atoms with Gasteiger partial charge in [-0.2, -0.15) is 0 Å². The lowest BCUT2D eigenvalue weighted by Gasteiger charge is -2.22. The van der Waals surface area contributed by atoms with Gasteiger partial charge in [0, 0.05) is 0 Å². The van der Waals surface area contributed by atoms with Crippen molar-refractivity contribution in [2.45, 2.75) is 32.6 Å². The van der Waals surface area contributed by atoms with Crippen LogP contribution in [0.15, 0.2) is 10.5 Å². The maximum atomic E-state index is 11.6. The van der Waals surface area contributed by atoms with Crippen molar-refractivity contribution in [3.63, 3.8) is 0 Å². The molecular weight excluding hydrogens is 254 g/mol. The molecule has 18 heavy (non-hydrogen) atoms. The van der Waals surface area contributed by atoms with E-state index in [4.69, 9.17) is 4.74 Å². The number of esters is 1. The van der Waals surface area contributed by atoms with E-state index in [1.807, 2.05) is 0 Å². The van der Waals surface area contributed by atoms with Crippen LogP contribution in [0, 0.1) is 5.92 Å². The molecule has 0 unspecified atom stereocenters. The second-order valence-corrected chi connectivity index (χ2v) is 5.29. The van der Waals surface area contributed by atoms with Crippen LogP contribution in [0.4, 0.5) is 4.79 Å². The minimum atomic E-state index is -0.310. The molecule has 1 saturated heterocycles. The zero-order chi connectivity index (χ0) is 13.1. The predicted octanol–water partition coefficient (Wildman–Crippen LogP) is 1.98. The van der Waals surface area contributed by atoms with Gasteiger partial charge in [0.25, 0.3) is 11.1 Å². The van der Waals surface area contributed by atoms with Gasteiger partial charge in [0.2, 0.25) is 0 Å². The molecule has 1 heterocycles. The monoisotopic (exact) mass is 269 g/mol. The summed E-state index contributed by atoms with van der Waals surface area (Å²) in [6, 6.07) is 0. The molecule has 2 fully saturated rings. The first-order valence-electron chi connectivity index (χ1n) is 6.03. The number of carbonyl (C=O) groups excluding carboxylic acids is 3. The van der Waals surface area contributed by atoms with E-state index in [2.05, 4.69) is 5.32 Å². The van der Waals surface area contributed by atoms with E-state index >= 15 is 0 Å². The average Bonchev–Trinajstić information content (AvgIpc) is 2.69. The van der Waals surface area contributed by atoms with Crippen LogP contribution in [0.25, 0.3) is 0 Å². The van der Waals surface area contributed by atoms with Crippen molar-refractivity contribution < 1.29 is 19.1 Å². The van der Waals surface area contributed by atoms with Gasteiger partial charge in [-0.15, -0.1) is 0 Å². The maximum Gasteiger partial charge on any atom is 0.308 e. The fourth-order valence-electron chi connectivity index (χ4n) is 2.24. The summed E-state index contributed by atoms with van der Waals surface area (Å²) >= 11 is 0.964. The Morgan fingerprint density at radius 3 is 2.56 bits per heavy atom. The fraction of sp³-hybridized carbons (Fsp3) is 0.583. The lowest BCUT2D eigenvalue weighted by molar-refractivity contribution is -0.148. The van der Waals surface area contributed by atoms with Crippen molar-refractivity contribution in [3.05, 3.63) is 10.5 Å². The first-order valence-corrected chi connectivity index (χ1v) is 6.85. The highest BCUT2D eigenvalue weighted by Gasteiger charge is 2.32. The Morgan fingerprint density at radius 2 is 2.06 bits per heavy atom. The highest BCUT2D eigenvalue weighted by Crippen LogP contribution is 2.36. The van der Waals surface area contributed by atoms with Gasteiger partial charge in [-0.05, 0) is 44.4 Å². The fourth-order valence-corrected chi connectivity index (χ4v) is 3.06. The molecule has 1 N–H and O–H groups in total. The van der Waals surface area contributed by atoms with Gasteiger partial charge < -0.3 is 4.74 Å². The molecule has 98 valence electrons. The highest BCUT2D eigenvalue weighted by atomic mass is 32.2. The number of nitrogens with one attached hydrogen (secondary N) is 1. The SMILES string of the molecule is CCOC(=O)C1CCC(=C2SC(=O)NC2=O)CC1. The van der Waals surface area contributed by atoms with Crippen LogP contribution in [-0.4, -0.2) is 23.7 Å². The molecule has 0 aromatic heterocycles. The standard InChI is InChI=1S/C12H15NO4S/c1-2-17-11(15)8-5-3-7(4-6-8)9-10(14)13-12(16)18-9/h8H,2-6H2,1H3,(H,13,14,16). The number of ether oxygens (including phenoxy) is 1. The average molecular weight is 269 g/mol. The molecule has 1 saturated carbocycles. The summed E-state index contributed by atoms with van der Waals surface area (Å²) in [5.41, 5.74) is 0.990. The Balaban J connectivity index is 1.98. The molecule has 0 radical (unpaired) electrons. The van der Waals surface area contributed by atoms with E-state index in [9.17, 15) is 14.4 Å². The first-order chi connectivity index (χ1) is 8.61. The van der Waals surface area contributed by atoms with E-state index in [0.29, 0.717) is 37.2 Å². The van der Waals surface area contributed by atoms with Crippen molar-refractivity contribution in [1.29, 1.82) is 0 Å². The van der Waals surface area contributed by atoms with Gasteiger partial charge in [-0.25, -0.2) is 0 Å². The topological polar surface area (TPSA) is 72.5 Å². The zero-order valence-electron chi connectivity index (χ0n) is 10.2. The summed E-state index contributed by atoms with van der Waals surface area (Å²) < 4.78 is 4.99. The zero-order valence-corrected chi connectivity index (χ0v) is 11.0. The smallest absolute Gasteiger partial charge is 0.308 e. The summed E-state index contributed by atoms with van der Waals surface area (Å²) in [7, 11) is 0. The molecule has 2 rings (SSSR count). The molecule has 6 heteroatoms. The van der Waals surface area contributed by atoms with E-state index in [1.54, 1.807) is 6.92 Å². The van der Waals surface area contributed by atoms with Crippen LogP contribution in [-0.2, 0) is 14.3 Å². The summed E-state index contributed by atoms with van der Waals surface area (Å²) in [6.45, 7) is 2.19. The molecule has 1 aliphatic carbocycles. The van der Waals surface area contributed by atoms with Gasteiger partial charge in [0.05, 0.1) is 17.4 Å². The second kappa shape index (κ2) is 5.56. The second-order valence-electron chi connectivity index (χ2n) is 4.30. The lowest BCUT2D eigenvalue weighted by Crippen LogP contribution is -2.22. The van der Waals surface area contributed by atoms with Crippen LogP contribution < -0.4 is 5.32 Å². The van der Waals surface area contributed by atoms with Crippen molar-refractivity contribution >= 4 is 28.9 Å².